The maximum Gasteiger partial charge on any atom is 0.259 e. The van der Waals surface area contributed by atoms with E-state index in [1.165, 1.54) is 0 Å². The topological polar surface area (TPSA) is 71.5 Å². The van der Waals surface area contributed by atoms with E-state index in [2.05, 4.69) is 32.1 Å². The molecule has 0 aliphatic heterocycles. The Balaban J connectivity index is 1.64. The molecule has 0 aliphatic carbocycles. The molecular weight excluding hydrogens is 320 g/mol. The number of nitrogens with zero attached hydrogens (tertiary/aromatic N) is 3. The summed E-state index contributed by atoms with van der Waals surface area (Å²) in [6, 6.07) is 11.8. The summed E-state index contributed by atoms with van der Waals surface area (Å²) >= 11 is 1.58. The van der Waals surface area contributed by atoms with Crippen molar-refractivity contribution < 1.29 is 0 Å². The molecule has 3 aromatic heterocycles. The van der Waals surface area contributed by atoms with E-state index in [1.54, 1.807) is 35.9 Å². The first-order valence-electron chi connectivity index (χ1n) is 7.33. The van der Waals surface area contributed by atoms with E-state index in [9.17, 15) is 4.79 Å². The predicted molar refractivity (Wildman–Crippen MR) is 96.6 cm³/mol. The molecule has 0 atom stereocenters. The fourth-order valence-corrected chi connectivity index (χ4v) is 3.16. The molecule has 5 nitrogen and oxygen atoms in total. The third-order valence-electron chi connectivity index (χ3n) is 3.49. The van der Waals surface area contributed by atoms with Crippen LogP contribution in [0.5, 0.6) is 0 Å². The molecule has 0 saturated carbocycles. The lowest BCUT2D eigenvalue weighted by Gasteiger charge is -1.97. The second-order valence-electron chi connectivity index (χ2n) is 5.11. The van der Waals surface area contributed by atoms with Crippen LogP contribution in [0.3, 0.4) is 0 Å². The number of nitrogens with one attached hydrogen (secondary N) is 1. The number of aromatic amines is 1. The highest BCUT2D eigenvalue weighted by Gasteiger charge is 2.03. The van der Waals surface area contributed by atoms with Gasteiger partial charge < -0.3 is 4.98 Å². The Morgan fingerprint density at radius 3 is 2.79 bits per heavy atom. The average molecular weight is 332 g/mol. The molecule has 0 unspecified atom stereocenters. The van der Waals surface area contributed by atoms with Crippen molar-refractivity contribution in [3.63, 3.8) is 0 Å². The first kappa shape index (κ1) is 14.5. The fourth-order valence-electron chi connectivity index (χ4n) is 2.34. The zero-order valence-corrected chi connectivity index (χ0v) is 13.3. The van der Waals surface area contributed by atoms with Gasteiger partial charge in [0, 0.05) is 12.4 Å². The summed E-state index contributed by atoms with van der Waals surface area (Å²) in [5.74, 6) is 0.483. The van der Waals surface area contributed by atoms with Crippen LogP contribution < -0.4 is 5.56 Å². The molecule has 0 fully saturated rings. The third-order valence-corrected chi connectivity index (χ3v) is 4.50. The highest BCUT2D eigenvalue weighted by molar-refractivity contribution is 7.16. The average Bonchev–Trinajstić information content (AvgIpc) is 3.10. The fraction of sp³-hybridized carbons (Fsp3) is 0. The number of hydrogen-bond acceptors (Lipinski definition) is 5. The molecule has 3 heterocycles. The number of benzene rings is 1. The summed E-state index contributed by atoms with van der Waals surface area (Å²) in [7, 11) is 0. The third kappa shape index (κ3) is 2.87. The number of rotatable bonds is 3. The highest BCUT2D eigenvalue weighted by atomic mass is 32.1. The van der Waals surface area contributed by atoms with E-state index in [-0.39, 0.29) is 5.56 Å². The first-order chi connectivity index (χ1) is 11.8. The van der Waals surface area contributed by atoms with E-state index in [4.69, 9.17) is 0 Å². The molecule has 0 bridgehead atoms. The monoisotopic (exact) mass is 332 g/mol. The van der Waals surface area contributed by atoms with Crippen LogP contribution in [0, 0.1) is 0 Å². The second-order valence-corrected chi connectivity index (χ2v) is 6.17. The molecule has 1 N–H and O–H groups in total. The summed E-state index contributed by atoms with van der Waals surface area (Å²) in [6.45, 7) is 0. The Morgan fingerprint density at radius 1 is 1.04 bits per heavy atom. The number of thiazole rings is 1. The smallest absolute Gasteiger partial charge is 0.259 e. The zero-order valence-electron chi connectivity index (χ0n) is 12.5. The lowest BCUT2D eigenvalue weighted by molar-refractivity contribution is 1.13. The SMILES string of the molecule is O=c1[nH]c(/C=C/c2ncc(-c3ccccc3)s2)nc2cnccc12. The quantitative estimate of drug-likeness (QED) is 0.622. The zero-order chi connectivity index (χ0) is 16.4. The van der Waals surface area contributed by atoms with Gasteiger partial charge in [0.25, 0.3) is 5.56 Å². The van der Waals surface area contributed by atoms with E-state index in [0.717, 1.165) is 15.4 Å². The van der Waals surface area contributed by atoms with Crippen LogP contribution in [0.1, 0.15) is 10.8 Å². The number of aromatic nitrogens is 4. The van der Waals surface area contributed by atoms with E-state index < -0.39 is 0 Å². The molecule has 0 amide bonds. The molecule has 0 spiro atoms. The summed E-state index contributed by atoms with van der Waals surface area (Å²) in [5.41, 5.74) is 1.54. The molecular formula is C18H12N4OS. The van der Waals surface area contributed by atoms with Gasteiger partial charge in [0.1, 0.15) is 10.8 Å². The van der Waals surface area contributed by atoms with Crippen molar-refractivity contribution in [1.82, 2.24) is 19.9 Å². The number of pyridine rings is 1. The van der Waals surface area contributed by atoms with E-state index >= 15 is 0 Å². The van der Waals surface area contributed by atoms with Gasteiger partial charge in [-0.1, -0.05) is 30.3 Å². The molecule has 1 aromatic carbocycles. The maximum atomic E-state index is 12.0. The van der Waals surface area contributed by atoms with E-state index in [1.807, 2.05) is 30.5 Å². The maximum absolute atomic E-state index is 12.0. The molecule has 4 aromatic rings. The minimum Gasteiger partial charge on any atom is -0.306 e. The van der Waals surface area contributed by atoms with E-state index in [0.29, 0.717) is 16.7 Å². The van der Waals surface area contributed by atoms with Gasteiger partial charge >= 0.3 is 0 Å². The van der Waals surface area contributed by atoms with Gasteiger partial charge in [0.2, 0.25) is 0 Å². The van der Waals surface area contributed by atoms with Crippen molar-refractivity contribution in [3.05, 3.63) is 76.2 Å². The Kier molecular flexibility index (Phi) is 3.72. The summed E-state index contributed by atoms with van der Waals surface area (Å²) in [6.07, 6.45) is 8.60. The molecule has 6 heteroatoms. The van der Waals surface area contributed by atoms with Crippen molar-refractivity contribution in [2.45, 2.75) is 0 Å². The summed E-state index contributed by atoms with van der Waals surface area (Å²) in [4.78, 5) is 28.7. The Morgan fingerprint density at radius 2 is 1.92 bits per heavy atom. The van der Waals surface area contributed by atoms with Gasteiger partial charge in [-0.3, -0.25) is 9.78 Å². The largest absolute Gasteiger partial charge is 0.306 e. The Hall–Kier alpha value is -3.12. The van der Waals surface area contributed by atoms with Gasteiger partial charge in [0.05, 0.1) is 22.0 Å². The predicted octanol–water partition coefficient (Wildman–Crippen LogP) is 3.61. The highest BCUT2D eigenvalue weighted by Crippen LogP contribution is 2.26. The normalized spacial score (nSPS) is 11.3. The molecule has 4 rings (SSSR count). The van der Waals surface area contributed by atoms with Gasteiger partial charge in [-0.2, -0.15) is 0 Å². The standard InChI is InChI=1S/C18H12N4OS/c23-18-13-8-9-19-10-14(13)21-16(22-18)6-7-17-20-11-15(24-17)12-4-2-1-3-5-12/h1-11H,(H,21,22,23)/b7-6+. The van der Waals surface area contributed by atoms with Crippen LogP contribution in [-0.2, 0) is 0 Å². The van der Waals surface area contributed by atoms with Crippen molar-refractivity contribution in [2.75, 3.05) is 0 Å². The van der Waals surface area contributed by atoms with Crippen LogP contribution in [-0.4, -0.2) is 19.9 Å². The minimum absolute atomic E-state index is 0.175. The summed E-state index contributed by atoms with van der Waals surface area (Å²) < 4.78 is 0. The summed E-state index contributed by atoms with van der Waals surface area (Å²) in [5, 5.41) is 1.38. The lowest BCUT2D eigenvalue weighted by atomic mass is 10.2. The van der Waals surface area contributed by atoms with Crippen LogP contribution in [0.25, 0.3) is 33.5 Å². The Bertz CT molecular complexity index is 1080. The molecule has 0 aliphatic rings. The Labute approximate surface area is 141 Å². The van der Waals surface area contributed by atoms with Crippen LogP contribution in [0.15, 0.2) is 59.8 Å². The van der Waals surface area contributed by atoms with Gasteiger partial charge in [0.15, 0.2) is 0 Å². The van der Waals surface area contributed by atoms with Gasteiger partial charge in [-0.15, -0.1) is 11.3 Å². The number of H-pyrrole nitrogens is 1. The molecule has 0 saturated heterocycles. The van der Waals surface area contributed by atoms with Crippen LogP contribution >= 0.6 is 11.3 Å². The van der Waals surface area contributed by atoms with Crippen molar-refractivity contribution in [1.29, 1.82) is 0 Å². The van der Waals surface area contributed by atoms with Crippen LogP contribution in [0.4, 0.5) is 0 Å². The lowest BCUT2D eigenvalue weighted by Crippen LogP contribution is -2.09. The molecule has 0 radical (unpaired) electrons. The molecule has 116 valence electrons. The number of fused-ring (bicyclic) bond motifs is 1. The van der Waals surface area contributed by atoms with Gasteiger partial charge in [-0.05, 0) is 23.8 Å². The second kappa shape index (κ2) is 6.17. The van der Waals surface area contributed by atoms with Crippen molar-refractivity contribution >= 4 is 34.4 Å². The molecule has 24 heavy (non-hydrogen) atoms. The minimum atomic E-state index is -0.175. The van der Waals surface area contributed by atoms with Crippen molar-refractivity contribution in [2.24, 2.45) is 0 Å². The number of hydrogen-bond donors (Lipinski definition) is 1. The van der Waals surface area contributed by atoms with Crippen molar-refractivity contribution in [3.8, 4) is 10.4 Å². The van der Waals surface area contributed by atoms with Gasteiger partial charge in [-0.25, -0.2) is 9.97 Å². The first-order valence-corrected chi connectivity index (χ1v) is 8.15. The van der Waals surface area contributed by atoms with Crippen LogP contribution in [0.2, 0.25) is 0 Å².